The predicted molar refractivity (Wildman–Crippen MR) is 139 cm³/mol. The Bertz CT molecular complexity index is 1340. The second-order valence-corrected chi connectivity index (χ2v) is 8.39. The highest BCUT2D eigenvalue weighted by atomic mass is 16.5. The Balaban J connectivity index is 1.51. The molecule has 4 aromatic rings. The first-order valence-electron chi connectivity index (χ1n) is 11.8. The minimum Gasteiger partial charge on any atom is -0.487 e. The Kier molecular flexibility index (Phi) is 8.51. The molecule has 0 fully saturated rings. The zero-order chi connectivity index (χ0) is 26.0. The summed E-state index contributed by atoms with van der Waals surface area (Å²) in [5.41, 5.74) is 9.43. The van der Waals surface area contributed by atoms with Crippen molar-refractivity contribution >= 4 is 17.7 Å². The summed E-state index contributed by atoms with van der Waals surface area (Å²) in [5.74, 6) is 0.107. The van der Waals surface area contributed by atoms with Gasteiger partial charge in [-0.1, -0.05) is 54.6 Å². The topological polar surface area (TPSA) is 120 Å². The van der Waals surface area contributed by atoms with Crippen LogP contribution in [0.25, 0.3) is 0 Å². The van der Waals surface area contributed by atoms with Crippen LogP contribution in [0.3, 0.4) is 0 Å². The van der Waals surface area contributed by atoms with Crippen molar-refractivity contribution in [2.75, 3.05) is 5.32 Å². The Labute approximate surface area is 215 Å². The molecule has 1 heterocycles. The van der Waals surface area contributed by atoms with Crippen molar-refractivity contribution in [2.24, 2.45) is 12.8 Å². The van der Waals surface area contributed by atoms with E-state index in [4.69, 9.17) is 15.2 Å². The lowest BCUT2D eigenvalue weighted by molar-refractivity contribution is -0.118. The Morgan fingerprint density at radius 3 is 2.51 bits per heavy atom. The summed E-state index contributed by atoms with van der Waals surface area (Å²) >= 11 is 0. The maximum atomic E-state index is 13.4. The van der Waals surface area contributed by atoms with E-state index in [9.17, 15) is 9.59 Å². The molecule has 0 radical (unpaired) electrons. The largest absolute Gasteiger partial charge is 0.487 e. The second-order valence-electron chi connectivity index (χ2n) is 8.39. The number of ether oxygens (including phenoxy) is 2. The Morgan fingerprint density at radius 1 is 0.973 bits per heavy atom. The van der Waals surface area contributed by atoms with E-state index in [0.29, 0.717) is 30.2 Å². The van der Waals surface area contributed by atoms with E-state index in [2.05, 4.69) is 15.6 Å². The van der Waals surface area contributed by atoms with E-state index >= 15 is 0 Å². The summed E-state index contributed by atoms with van der Waals surface area (Å²) in [6.45, 7) is 0.718. The van der Waals surface area contributed by atoms with Gasteiger partial charge in [0, 0.05) is 19.3 Å². The van der Waals surface area contributed by atoms with Gasteiger partial charge in [-0.15, -0.1) is 0 Å². The average molecular weight is 500 g/mol. The van der Waals surface area contributed by atoms with Crippen molar-refractivity contribution in [1.82, 2.24) is 14.9 Å². The summed E-state index contributed by atoms with van der Waals surface area (Å²) in [7, 11) is 1.88. The van der Waals surface area contributed by atoms with E-state index in [0.717, 1.165) is 16.8 Å². The first-order chi connectivity index (χ1) is 18.0. The lowest BCUT2D eigenvalue weighted by atomic mass is 10.1. The first kappa shape index (κ1) is 25.5. The zero-order valence-electron chi connectivity index (χ0n) is 20.5. The predicted octanol–water partition coefficient (Wildman–Crippen LogP) is 4.06. The number of hydrogen-bond donors (Lipinski definition) is 3. The molecular weight excluding hydrogens is 470 g/mol. The molecule has 0 spiro atoms. The van der Waals surface area contributed by atoms with Crippen molar-refractivity contribution < 1.29 is 19.1 Å². The molecule has 0 aliphatic heterocycles. The van der Waals surface area contributed by atoms with Crippen molar-refractivity contribution in [3.63, 3.8) is 0 Å². The van der Waals surface area contributed by atoms with Gasteiger partial charge in [0.15, 0.2) is 0 Å². The fourth-order valence-corrected chi connectivity index (χ4v) is 3.64. The van der Waals surface area contributed by atoms with Crippen LogP contribution in [0.4, 0.5) is 10.5 Å². The summed E-state index contributed by atoms with van der Waals surface area (Å²) in [6.07, 6.45) is 2.70. The molecule has 9 heteroatoms. The van der Waals surface area contributed by atoms with Crippen LogP contribution in [-0.4, -0.2) is 21.6 Å². The molecule has 4 rings (SSSR count). The van der Waals surface area contributed by atoms with E-state index in [1.807, 2.05) is 48.0 Å². The number of aryl methyl sites for hydroxylation is 1. The number of aromatic nitrogens is 2. The quantitative estimate of drug-likeness (QED) is 0.303. The molecule has 1 atom stereocenters. The monoisotopic (exact) mass is 499 g/mol. The standard InChI is InChI=1S/C28H29N5O4/c1-33-19-30-16-24(33)18-36-25-12-6-10-22(14-25)26(27(34)31-23-11-5-9-21(13-23)15-29)32-28(35)37-17-20-7-3-2-4-8-20/h2-14,16,19,26H,15,17-18,29H2,1H3,(H,31,34)(H,32,35)/t26-/m0/s1. The van der Waals surface area contributed by atoms with Gasteiger partial charge < -0.3 is 30.4 Å². The van der Waals surface area contributed by atoms with Crippen LogP contribution in [-0.2, 0) is 36.3 Å². The molecule has 4 N–H and O–H groups in total. The molecule has 0 aliphatic carbocycles. The fraction of sp³-hybridized carbons (Fsp3) is 0.179. The van der Waals surface area contributed by atoms with Crippen LogP contribution in [0.15, 0.2) is 91.4 Å². The van der Waals surface area contributed by atoms with Gasteiger partial charge >= 0.3 is 6.09 Å². The first-order valence-corrected chi connectivity index (χ1v) is 11.8. The third kappa shape index (κ3) is 7.18. The molecule has 1 aromatic heterocycles. The highest BCUT2D eigenvalue weighted by Gasteiger charge is 2.24. The average Bonchev–Trinajstić information content (AvgIpc) is 3.34. The molecule has 3 aromatic carbocycles. The van der Waals surface area contributed by atoms with Crippen LogP contribution in [0.2, 0.25) is 0 Å². The third-order valence-corrected chi connectivity index (χ3v) is 5.66. The number of nitrogens with zero attached hydrogens (tertiary/aromatic N) is 2. The minimum atomic E-state index is -1.04. The summed E-state index contributed by atoms with van der Waals surface area (Å²) in [4.78, 5) is 30.1. The van der Waals surface area contributed by atoms with Crippen LogP contribution in [0, 0.1) is 0 Å². The summed E-state index contributed by atoms with van der Waals surface area (Å²) < 4.78 is 13.1. The van der Waals surface area contributed by atoms with Gasteiger partial charge in [0.2, 0.25) is 0 Å². The maximum Gasteiger partial charge on any atom is 0.408 e. The normalized spacial score (nSPS) is 11.4. The van der Waals surface area contributed by atoms with Gasteiger partial charge in [-0.05, 0) is 41.0 Å². The highest BCUT2D eigenvalue weighted by Crippen LogP contribution is 2.23. The van der Waals surface area contributed by atoms with E-state index < -0.39 is 18.0 Å². The number of carbonyl (C=O) groups excluding carboxylic acids is 2. The molecule has 2 amide bonds. The maximum absolute atomic E-state index is 13.4. The molecular formula is C28H29N5O4. The number of imidazole rings is 1. The van der Waals surface area contributed by atoms with Crippen LogP contribution >= 0.6 is 0 Å². The Morgan fingerprint density at radius 2 is 1.76 bits per heavy atom. The van der Waals surface area contributed by atoms with E-state index in [-0.39, 0.29) is 6.61 Å². The highest BCUT2D eigenvalue weighted by molar-refractivity contribution is 5.97. The molecule has 0 unspecified atom stereocenters. The number of nitrogens with two attached hydrogens (primary N) is 1. The van der Waals surface area contributed by atoms with Gasteiger partial charge in [0.25, 0.3) is 5.91 Å². The molecule has 0 saturated carbocycles. The van der Waals surface area contributed by atoms with Crippen LogP contribution in [0.1, 0.15) is 28.4 Å². The number of anilines is 1. The van der Waals surface area contributed by atoms with Gasteiger partial charge in [-0.2, -0.15) is 0 Å². The second kappa shape index (κ2) is 12.4. The van der Waals surface area contributed by atoms with Gasteiger partial charge in [0.05, 0.1) is 18.2 Å². The number of carbonyl (C=O) groups is 2. The number of hydrogen-bond acceptors (Lipinski definition) is 6. The van der Waals surface area contributed by atoms with Crippen molar-refractivity contribution in [3.05, 3.63) is 114 Å². The number of benzene rings is 3. The van der Waals surface area contributed by atoms with Crippen molar-refractivity contribution in [1.29, 1.82) is 0 Å². The Hall–Kier alpha value is -4.63. The molecule has 0 saturated heterocycles. The summed E-state index contributed by atoms with van der Waals surface area (Å²) in [6, 6.07) is 22.5. The number of nitrogens with one attached hydrogen (secondary N) is 2. The smallest absolute Gasteiger partial charge is 0.408 e. The minimum absolute atomic E-state index is 0.0768. The van der Waals surface area contributed by atoms with Crippen molar-refractivity contribution in [3.8, 4) is 5.75 Å². The van der Waals surface area contributed by atoms with Crippen LogP contribution < -0.4 is 21.1 Å². The molecule has 190 valence electrons. The lowest BCUT2D eigenvalue weighted by Crippen LogP contribution is -2.37. The third-order valence-electron chi connectivity index (χ3n) is 5.66. The van der Waals surface area contributed by atoms with Crippen LogP contribution in [0.5, 0.6) is 5.75 Å². The number of rotatable bonds is 10. The number of alkyl carbamates (subject to hydrolysis) is 1. The lowest BCUT2D eigenvalue weighted by Gasteiger charge is -2.20. The molecule has 37 heavy (non-hydrogen) atoms. The zero-order valence-corrected chi connectivity index (χ0v) is 20.5. The molecule has 0 aliphatic rings. The van der Waals surface area contributed by atoms with E-state index in [1.165, 1.54) is 0 Å². The molecule has 9 nitrogen and oxygen atoms in total. The van der Waals surface area contributed by atoms with Gasteiger partial charge in [-0.25, -0.2) is 9.78 Å². The molecule has 0 bridgehead atoms. The van der Waals surface area contributed by atoms with E-state index in [1.54, 1.807) is 55.0 Å². The van der Waals surface area contributed by atoms with Gasteiger partial charge in [0.1, 0.15) is 25.0 Å². The SMILES string of the molecule is Cn1cncc1COc1cccc([C@H](NC(=O)OCc2ccccc2)C(=O)Nc2cccc(CN)c2)c1. The number of amides is 2. The van der Waals surface area contributed by atoms with Gasteiger partial charge in [-0.3, -0.25) is 4.79 Å². The summed E-state index contributed by atoms with van der Waals surface area (Å²) in [5, 5.41) is 5.55. The fourth-order valence-electron chi connectivity index (χ4n) is 3.64. The van der Waals surface area contributed by atoms with Crippen molar-refractivity contribution in [2.45, 2.75) is 25.8 Å².